The van der Waals surface area contributed by atoms with E-state index in [4.69, 9.17) is 5.11 Å². The molecular formula is C13H17F2N3O3. The van der Waals surface area contributed by atoms with Crippen molar-refractivity contribution in [2.24, 2.45) is 0 Å². The number of hydrogen-bond donors (Lipinski definition) is 4. The largest absolute Gasteiger partial charge is 0.478 e. The lowest BCUT2D eigenvalue weighted by molar-refractivity contribution is 0.0692. The summed E-state index contributed by atoms with van der Waals surface area (Å²) in [6.07, 6.45) is 0.688. The number of carbonyl (C=O) groups excluding carboxylic acids is 1. The van der Waals surface area contributed by atoms with Crippen LogP contribution in [0.25, 0.3) is 0 Å². The third-order valence-corrected chi connectivity index (χ3v) is 2.60. The summed E-state index contributed by atoms with van der Waals surface area (Å²) in [5.41, 5.74) is -1.10. The van der Waals surface area contributed by atoms with E-state index in [0.717, 1.165) is 19.2 Å². The van der Waals surface area contributed by atoms with Crippen LogP contribution in [0.4, 0.5) is 19.3 Å². The van der Waals surface area contributed by atoms with Crippen LogP contribution in [0.3, 0.4) is 0 Å². The van der Waals surface area contributed by atoms with Crippen LogP contribution < -0.4 is 16.0 Å². The molecule has 0 spiro atoms. The second-order valence-corrected chi connectivity index (χ2v) is 4.21. The van der Waals surface area contributed by atoms with Gasteiger partial charge in [-0.2, -0.15) is 0 Å². The van der Waals surface area contributed by atoms with Crippen LogP contribution in [0.15, 0.2) is 12.1 Å². The van der Waals surface area contributed by atoms with Crippen LogP contribution in [-0.2, 0) is 0 Å². The zero-order valence-corrected chi connectivity index (χ0v) is 11.5. The quantitative estimate of drug-likeness (QED) is 0.578. The van der Waals surface area contributed by atoms with Gasteiger partial charge in [0.2, 0.25) is 0 Å². The molecule has 1 rings (SSSR count). The first-order chi connectivity index (χ1) is 9.95. The Morgan fingerprint density at radius 3 is 2.52 bits per heavy atom. The first kappa shape index (κ1) is 16.8. The summed E-state index contributed by atoms with van der Waals surface area (Å²) in [6, 6.07) is 0.475. The predicted molar refractivity (Wildman–Crippen MR) is 73.5 cm³/mol. The summed E-state index contributed by atoms with van der Waals surface area (Å²) in [5, 5.41) is 16.4. The van der Waals surface area contributed by atoms with E-state index >= 15 is 0 Å². The second kappa shape index (κ2) is 8.15. The van der Waals surface area contributed by atoms with Crippen molar-refractivity contribution >= 4 is 17.7 Å². The van der Waals surface area contributed by atoms with E-state index < -0.39 is 34.9 Å². The maximum absolute atomic E-state index is 13.5. The molecule has 4 N–H and O–H groups in total. The van der Waals surface area contributed by atoms with Crippen LogP contribution in [-0.4, -0.2) is 36.7 Å². The summed E-state index contributed by atoms with van der Waals surface area (Å²) in [7, 11) is 0. The molecular weight excluding hydrogens is 284 g/mol. The Morgan fingerprint density at radius 2 is 1.90 bits per heavy atom. The van der Waals surface area contributed by atoms with E-state index in [1.165, 1.54) is 0 Å². The third kappa shape index (κ3) is 5.35. The third-order valence-electron chi connectivity index (χ3n) is 2.60. The van der Waals surface area contributed by atoms with Crippen LogP contribution in [0.5, 0.6) is 0 Å². The summed E-state index contributed by atoms with van der Waals surface area (Å²) in [4.78, 5) is 22.3. The van der Waals surface area contributed by atoms with Gasteiger partial charge >= 0.3 is 12.0 Å². The topological polar surface area (TPSA) is 90.5 Å². The Bertz CT molecular complexity index is 524. The highest BCUT2D eigenvalue weighted by Gasteiger charge is 2.16. The Hall–Kier alpha value is -2.22. The van der Waals surface area contributed by atoms with Gasteiger partial charge in [-0.15, -0.1) is 0 Å². The molecule has 0 radical (unpaired) electrons. The molecule has 0 unspecified atom stereocenters. The standard InChI is InChI=1S/C13H17F2N3O3/c1-2-16-4-3-5-17-13(21)18-11-6-8(12(19)20)9(14)7-10(11)15/h6-7,16H,2-5H2,1H3,(H,19,20)(H2,17,18,21). The van der Waals surface area contributed by atoms with E-state index in [0.29, 0.717) is 19.0 Å². The minimum Gasteiger partial charge on any atom is -0.478 e. The molecule has 8 heteroatoms. The zero-order chi connectivity index (χ0) is 15.8. The molecule has 0 aliphatic carbocycles. The molecule has 2 amide bonds. The van der Waals surface area contributed by atoms with Gasteiger partial charge in [-0.05, 0) is 25.6 Å². The zero-order valence-electron chi connectivity index (χ0n) is 11.5. The number of anilines is 1. The number of carboxylic acid groups (broad SMARTS) is 1. The highest BCUT2D eigenvalue weighted by Crippen LogP contribution is 2.19. The van der Waals surface area contributed by atoms with E-state index in [9.17, 15) is 18.4 Å². The van der Waals surface area contributed by atoms with Crippen LogP contribution in [0, 0.1) is 11.6 Å². The Labute approximate surface area is 120 Å². The van der Waals surface area contributed by atoms with Gasteiger partial charge in [0, 0.05) is 12.6 Å². The number of nitrogens with one attached hydrogen (secondary N) is 3. The van der Waals surface area contributed by atoms with Crippen molar-refractivity contribution in [3.63, 3.8) is 0 Å². The number of carbonyl (C=O) groups is 2. The van der Waals surface area contributed by atoms with Gasteiger partial charge in [0.05, 0.1) is 11.3 Å². The highest BCUT2D eigenvalue weighted by molar-refractivity contribution is 5.93. The Morgan fingerprint density at radius 1 is 1.19 bits per heavy atom. The Balaban J connectivity index is 2.59. The number of halogens is 2. The molecule has 0 heterocycles. The van der Waals surface area contributed by atoms with Crippen LogP contribution >= 0.6 is 0 Å². The number of rotatable bonds is 7. The molecule has 6 nitrogen and oxygen atoms in total. The molecule has 0 aromatic heterocycles. The first-order valence-corrected chi connectivity index (χ1v) is 6.43. The Kier molecular flexibility index (Phi) is 6.54. The second-order valence-electron chi connectivity index (χ2n) is 4.21. The van der Waals surface area contributed by atoms with Crippen LogP contribution in [0.2, 0.25) is 0 Å². The van der Waals surface area contributed by atoms with Crippen molar-refractivity contribution in [3.8, 4) is 0 Å². The summed E-state index contributed by atoms with van der Waals surface area (Å²) in [5.74, 6) is -3.78. The molecule has 21 heavy (non-hydrogen) atoms. The molecule has 1 aromatic carbocycles. The van der Waals surface area contributed by atoms with E-state index in [-0.39, 0.29) is 0 Å². The van der Waals surface area contributed by atoms with Crippen molar-refractivity contribution in [1.29, 1.82) is 0 Å². The number of urea groups is 1. The monoisotopic (exact) mass is 301 g/mol. The molecule has 0 fully saturated rings. The summed E-state index contributed by atoms with van der Waals surface area (Å²) in [6.45, 7) is 3.88. The van der Waals surface area contributed by atoms with Gasteiger partial charge in [0.1, 0.15) is 11.6 Å². The maximum Gasteiger partial charge on any atom is 0.338 e. The van der Waals surface area contributed by atoms with Gasteiger partial charge in [0.15, 0.2) is 0 Å². The average Bonchev–Trinajstić information content (AvgIpc) is 2.41. The minimum atomic E-state index is -1.54. The van der Waals surface area contributed by atoms with Gasteiger partial charge < -0.3 is 21.1 Å². The number of carboxylic acids is 1. The van der Waals surface area contributed by atoms with Crippen LogP contribution in [0.1, 0.15) is 23.7 Å². The van der Waals surface area contributed by atoms with Crippen molar-refractivity contribution in [1.82, 2.24) is 10.6 Å². The lowest BCUT2D eigenvalue weighted by Gasteiger charge is -2.09. The normalized spacial score (nSPS) is 10.2. The fraction of sp³-hybridized carbons (Fsp3) is 0.385. The lowest BCUT2D eigenvalue weighted by Crippen LogP contribution is -2.31. The fourth-order valence-corrected chi connectivity index (χ4v) is 1.57. The average molecular weight is 301 g/mol. The SMILES string of the molecule is CCNCCCNC(=O)Nc1cc(C(=O)O)c(F)cc1F. The van der Waals surface area contributed by atoms with Gasteiger partial charge in [-0.1, -0.05) is 6.92 Å². The van der Waals surface area contributed by atoms with Crippen molar-refractivity contribution in [2.75, 3.05) is 25.0 Å². The molecule has 0 saturated carbocycles. The van der Waals surface area contributed by atoms with Crippen molar-refractivity contribution in [3.05, 3.63) is 29.3 Å². The van der Waals surface area contributed by atoms with E-state index in [2.05, 4.69) is 16.0 Å². The molecule has 0 aliphatic heterocycles. The predicted octanol–water partition coefficient (Wildman–Crippen LogP) is 1.78. The molecule has 0 saturated heterocycles. The molecule has 0 atom stereocenters. The summed E-state index contributed by atoms with van der Waals surface area (Å²) < 4.78 is 26.6. The van der Waals surface area contributed by atoms with Crippen molar-refractivity contribution < 1.29 is 23.5 Å². The number of aromatic carboxylic acids is 1. The molecule has 1 aromatic rings. The first-order valence-electron chi connectivity index (χ1n) is 6.43. The maximum atomic E-state index is 13.5. The number of amides is 2. The fourth-order valence-electron chi connectivity index (χ4n) is 1.57. The molecule has 0 bridgehead atoms. The van der Waals surface area contributed by atoms with E-state index in [1.807, 2.05) is 6.92 Å². The van der Waals surface area contributed by atoms with Gasteiger partial charge in [0.25, 0.3) is 0 Å². The highest BCUT2D eigenvalue weighted by atomic mass is 19.1. The lowest BCUT2D eigenvalue weighted by atomic mass is 10.2. The van der Waals surface area contributed by atoms with Gasteiger partial charge in [-0.3, -0.25) is 0 Å². The minimum absolute atomic E-state index is 0.368. The smallest absolute Gasteiger partial charge is 0.338 e. The van der Waals surface area contributed by atoms with E-state index in [1.54, 1.807) is 0 Å². The summed E-state index contributed by atoms with van der Waals surface area (Å²) >= 11 is 0. The molecule has 116 valence electrons. The molecule has 0 aliphatic rings. The van der Waals surface area contributed by atoms with Crippen molar-refractivity contribution in [2.45, 2.75) is 13.3 Å². The van der Waals surface area contributed by atoms with Gasteiger partial charge in [-0.25, -0.2) is 18.4 Å². The number of hydrogen-bond acceptors (Lipinski definition) is 3. The number of benzene rings is 1.